The minimum absolute atomic E-state index is 0.106. The molecule has 21 heavy (non-hydrogen) atoms. The molecule has 112 valence electrons. The van der Waals surface area contributed by atoms with Gasteiger partial charge in [0, 0.05) is 25.4 Å². The van der Waals surface area contributed by atoms with E-state index in [1.165, 1.54) is 12.1 Å². The molecule has 1 amide bonds. The zero-order chi connectivity index (χ0) is 14.9. The minimum Gasteiger partial charge on any atom is -0.490 e. The van der Waals surface area contributed by atoms with Crippen molar-refractivity contribution in [2.75, 3.05) is 13.2 Å². The quantitative estimate of drug-likeness (QED) is 0.732. The number of carbonyl (C=O) groups is 1. The Morgan fingerprint density at radius 2 is 2.24 bits per heavy atom. The first-order valence-electron chi connectivity index (χ1n) is 6.88. The van der Waals surface area contributed by atoms with E-state index < -0.39 is 5.82 Å². The molecule has 0 saturated heterocycles. The molecule has 0 unspecified atom stereocenters. The van der Waals surface area contributed by atoms with Crippen LogP contribution in [0.25, 0.3) is 0 Å². The molecule has 0 aliphatic rings. The number of H-pyrrole nitrogens is 1. The number of ether oxygens (including phenoxy) is 1. The number of hydrogen-bond acceptors (Lipinski definition) is 3. The highest BCUT2D eigenvalue weighted by molar-refractivity contribution is 5.75. The lowest BCUT2D eigenvalue weighted by Gasteiger charge is -2.07. The maximum absolute atomic E-state index is 13.3. The first kappa shape index (κ1) is 15.0. The van der Waals surface area contributed by atoms with Gasteiger partial charge in [-0.25, -0.2) is 9.37 Å². The van der Waals surface area contributed by atoms with E-state index in [1.807, 2.05) is 0 Å². The molecule has 2 aromatic rings. The molecule has 5 nitrogen and oxygen atoms in total. The fourth-order valence-corrected chi connectivity index (χ4v) is 1.82. The molecule has 1 aromatic carbocycles. The first-order chi connectivity index (χ1) is 10.3. The first-order valence-corrected chi connectivity index (χ1v) is 6.88. The van der Waals surface area contributed by atoms with E-state index in [-0.39, 0.29) is 24.7 Å². The summed E-state index contributed by atoms with van der Waals surface area (Å²) in [5.41, 5.74) is 0. The number of carbonyl (C=O) groups excluding carboxylic acids is 1. The normalized spacial score (nSPS) is 10.3. The molecular weight excluding hydrogens is 273 g/mol. The van der Waals surface area contributed by atoms with Crippen molar-refractivity contribution in [3.8, 4) is 5.75 Å². The molecule has 0 radical (unpaired) electrons. The molecule has 0 saturated carbocycles. The number of aromatic amines is 1. The predicted octanol–water partition coefficient (Wildman–Crippen LogP) is 2.07. The van der Waals surface area contributed by atoms with Crippen LogP contribution in [0.5, 0.6) is 5.75 Å². The van der Waals surface area contributed by atoms with Gasteiger partial charge in [0.15, 0.2) is 11.6 Å². The lowest BCUT2D eigenvalue weighted by Crippen LogP contribution is -2.26. The monoisotopic (exact) mass is 291 g/mol. The summed E-state index contributed by atoms with van der Waals surface area (Å²) in [6, 6.07) is 6.14. The van der Waals surface area contributed by atoms with Crippen LogP contribution >= 0.6 is 0 Å². The molecule has 2 N–H and O–H groups in total. The number of aryl methyl sites for hydroxylation is 1. The Hall–Kier alpha value is -2.37. The third-order valence-electron chi connectivity index (χ3n) is 2.89. The van der Waals surface area contributed by atoms with Gasteiger partial charge in [0.2, 0.25) is 5.91 Å². The van der Waals surface area contributed by atoms with Crippen molar-refractivity contribution in [3.05, 3.63) is 48.3 Å². The number of nitrogens with one attached hydrogen (secondary N) is 2. The average molecular weight is 291 g/mol. The molecule has 1 heterocycles. The topological polar surface area (TPSA) is 67.0 Å². The lowest BCUT2D eigenvalue weighted by molar-refractivity contribution is -0.121. The molecule has 6 heteroatoms. The van der Waals surface area contributed by atoms with Crippen LogP contribution in [0.15, 0.2) is 36.7 Å². The Balaban J connectivity index is 1.56. The summed E-state index contributed by atoms with van der Waals surface area (Å²) < 4.78 is 18.5. The molecule has 0 atom stereocenters. The Labute approximate surface area is 122 Å². The highest BCUT2D eigenvalue weighted by Crippen LogP contribution is 2.15. The van der Waals surface area contributed by atoms with Gasteiger partial charge in [-0.3, -0.25) is 4.79 Å². The summed E-state index contributed by atoms with van der Waals surface area (Å²) in [6.07, 6.45) is 5.28. The number of para-hydroxylation sites is 1. The van der Waals surface area contributed by atoms with E-state index in [0.717, 1.165) is 18.7 Å². The maximum Gasteiger partial charge on any atom is 0.223 e. The summed E-state index contributed by atoms with van der Waals surface area (Å²) in [4.78, 5) is 18.7. The third kappa shape index (κ3) is 5.25. The van der Waals surface area contributed by atoms with E-state index in [4.69, 9.17) is 4.74 Å². The van der Waals surface area contributed by atoms with Gasteiger partial charge in [-0.2, -0.15) is 0 Å². The van der Waals surface area contributed by atoms with Crippen LogP contribution in [-0.2, 0) is 11.2 Å². The van der Waals surface area contributed by atoms with E-state index in [1.54, 1.807) is 24.5 Å². The van der Waals surface area contributed by atoms with Gasteiger partial charge in [-0.1, -0.05) is 12.1 Å². The third-order valence-corrected chi connectivity index (χ3v) is 2.89. The molecule has 1 aromatic heterocycles. The number of aromatic nitrogens is 2. The molecular formula is C15H18FN3O2. The summed E-state index contributed by atoms with van der Waals surface area (Å²) >= 11 is 0. The van der Waals surface area contributed by atoms with Crippen molar-refractivity contribution < 1.29 is 13.9 Å². The van der Waals surface area contributed by atoms with Crippen molar-refractivity contribution in [2.45, 2.75) is 19.3 Å². The smallest absolute Gasteiger partial charge is 0.223 e. The van der Waals surface area contributed by atoms with Gasteiger partial charge in [0.25, 0.3) is 0 Å². The predicted molar refractivity (Wildman–Crippen MR) is 76.4 cm³/mol. The van der Waals surface area contributed by atoms with E-state index in [0.29, 0.717) is 6.54 Å². The molecule has 0 spiro atoms. The second-order valence-corrected chi connectivity index (χ2v) is 4.52. The number of halogens is 1. The largest absolute Gasteiger partial charge is 0.490 e. The van der Waals surface area contributed by atoms with Gasteiger partial charge in [0.05, 0.1) is 13.0 Å². The van der Waals surface area contributed by atoms with Gasteiger partial charge in [0.1, 0.15) is 5.82 Å². The number of imidazole rings is 1. The summed E-state index contributed by atoms with van der Waals surface area (Å²) in [7, 11) is 0. The minimum atomic E-state index is -0.420. The average Bonchev–Trinajstić information content (AvgIpc) is 2.99. The van der Waals surface area contributed by atoms with Crippen molar-refractivity contribution in [1.29, 1.82) is 0 Å². The van der Waals surface area contributed by atoms with Crippen LogP contribution in [-0.4, -0.2) is 29.0 Å². The number of hydrogen-bond donors (Lipinski definition) is 2. The number of amides is 1. The van der Waals surface area contributed by atoms with Gasteiger partial charge < -0.3 is 15.0 Å². The van der Waals surface area contributed by atoms with Crippen LogP contribution in [0.1, 0.15) is 18.7 Å². The van der Waals surface area contributed by atoms with E-state index >= 15 is 0 Å². The number of rotatable bonds is 8. The highest BCUT2D eigenvalue weighted by atomic mass is 19.1. The van der Waals surface area contributed by atoms with Crippen LogP contribution < -0.4 is 10.1 Å². The second kappa shape index (κ2) is 8.04. The molecule has 0 aliphatic heterocycles. The van der Waals surface area contributed by atoms with Gasteiger partial charge >= 0.3 is 0 Å². The summed E-state index contributed by atoms with van der Waals surface area (Å²) in [6.45, 7) is 0.740. The molecule has 2 rings (SSSR count). The molecule has 0 aliphatic carbocycles. The standard InChI is InChI=1S/C15H18FN3O2/c16-12-4-1-2-5-13(12)21-11-7-15(20)19-8-3-6-14-17-9-10-18-14/h1-2,4-5,9-10H,3,6-8,11H2,(H,17,18)(H,19,20). The molecule has 0 fully saturated rings. The Bertz CT molecular complexity index is 558. The van der Waals surface area contributed by atoms with Crippen molar-refractivity contribution >= 4 is 5.91 Å². The van der Waals surface area contributed by atoms with E-state index in [2.05, 4.69) is 15.3 Å². The molecule has 0 bridgehead atoms. The summed E-state index contributed by atoms with van der Waals surface area (Å²) in [5.74, 6) is 0.553. The maximum atomic E-state index is 13.3. The van der Waals surface area contributed by atoms with Crippen LogP contribution in [0, 0.1) is 5.82 Å². The number of benzene rings is 1. The Morgan fingerprint density at radius 1 is 1.38 bits per heavy atom. The second-order valence-electron chi connectivity index (χ2n) is 4.52. The number of nitrogens with zero attached hydrogens (tertiary/aromatic N) is 1. The van der Waals surface area contributed by atoms with Crippen molar-refractivity contribution in [3.63, 3.8) is 0 Å². The summed E-state index contributed by atoms with van der Waals surface area (Å²) in [5, 5.41) is 2.79. The highest BCUT2D eigenvalue weighted by Gasteiger charge is 2.04. The van der Waals surface area contributed by atoms with E-state index in [9.17, 15) is 9.18 Å². The van der Waals surface area contributed by atoms with Gasteiger partial charge in [-0.15, -0.1) is 0 Å². The zero-order valence-electron chi connectivity index (χ0n) is 11.6. The fraction of sp³-hybridized carbons (Fsp3) is 0.333. The van der Waals surface area contributed by atoms with Crippen LogP contribution in [0.4, 0.5) is 4.39 Å². The van der Waals surface area contributed by atoms with Crippen LogP contribution in [0.2, 0.25) is 0 Å². The lowest BCUT2D eigenvalue weighted by atomic mass is 10.3. The van der Waals surface area contributed by atoms with Gasteiger partial charge in [-0.05, 0) is 18.6 Å². The Morgan fingerprint density at radius 3 is 3.00 bits per heavy atom. The Kier molecular flexibility index (Phi) is 5.75. The SMILES string of the molecule is O=C(CCOc1ccccc1F)NCCCc1ncc[nH]1. The van der Waals surface area contributed by atoms with Crippen molar-refractivity contribution in [1.82, 2.24) is 15.3 Å². The fourth-order valence-electron chi connectivity index (χ4n) is 1.82. The van der Waals surface area contributed by atoms with Crippen molar-refractivity contribution in [2.24, 2.45) is 0 Å². The van der Waals surface area contributed by atoms with Crippen LogP contribution in [0.3, 0.4) is 0 Å². The zero-order valence-corrected chi connectivity index (χ0v) is 11.6.